The summed E-state index contributed by atoms with van der Waals surface area (Å²) >= 11 is 0. The van der Waals surface area contributed by atoms with Crippen molar-refractivity contribution in [3.8, 4) is 17.2 Å². The number of benzene rings is 2. The van der Waals surface area contributed by atoms with Crippen molar-refractivity contribution in [2.24, 2.45) is 0 Å². The monoisotopic (exact) mass is 454 g/mol. The van der Waals surface area contributed by atoms with E-state index >= 15 is 0 Å². The van der Waals surface area contributed by atoms with Gasteiger partial charge < -0.3 is 29.4 Å². The summed E-state index contributed by atoms with van der Waals surface area (Å²) < 4.78 is 21.2. The fourth-order valence-corrected chi connectivity index (χ4v) is 2.97. The topological polar surface area (TPSA) is 125 Å². The van der Waals surface area contributed by atoms with Crippen molar-refractivity contribution in [1.82, 2.24) is 15.5 Å². The van der Waals surface area contributed by atoms with Crippen LogP contribution in [0.1, 0.15) is 35.9 Å². The number of aryl methyl sites for hydroxylation is 1. The summed E-state index contributed by atoms with van der Waals surface area (Å²) in [5.41, 5.74) is 0.0198. The molecule has 1 aromatic heterocycles. The molecule has 0 atom stereocenters. The van der Waals surface area contributed by atoms with Crippen LogP contribution >= 0.6 is 0 Å². The van der Waals surface area contributed by atoms with Gasteiger partial charge in [0.25, 0.3) is 11.8 Å². The number of amides is 2. The number of para-hydroxylation sites is 2. The molecule has 0 fully saturated rings. The predicted molar refractivity (Wildman–Crippen MR) is 120 cm³/mol. The molecular formula is C23H26N4O6. The van der Waals surface area contributed by atoms with Crippen LogP contribution in [0.3, 0.4) is 0 Å². The van der Waals surface area contributed by atoms with E-state index in [0.29, 0.717) is 40.2 Å². The van der Waals surface area contributed by atoms with Crippen molar-refractivity contribution in [3.63, 3.8) is 0 Å². The first-order valence-corrected chi connectivity index (χ1v) is 10.1. The van der Waals surface area contributed by atoms with Crippen molar-refractivity contribution in [1.29, 1.82) is 0 Å². The number of aromatic nitrogens is 2. The fourth-order valence-electron chi connectivity index (χ4n) is 2.97. The van der Waals surface area contributed by atoms with Gasteiger partial charge in [0.1, 0.15) is 5.75 Å². The van der Waals surface area contributed by atoms with Crippen LogP contribution in [-0.2, 0) is 10.3 Å². The SMILES string of the molecule is COc1ccccc1NC(=O)COc1ccc(C(=O)NC(C)(C)c2noc(C)n2)cc1OC. The first-order chi connectivity index (χ1) is 15.7. The van der Waals surface area contributed by atoms with Gasteiger partial charge in [-0.1, -0.05) is 17.3 Å². The first-order valence-electron chi connectivity index (χ1n) is 10.1. The molecule has 10 heteroatoms. The molecule has 2 N–H and O–H groups in total. The number of methoxy groups -OCH3 is 2. The van der Waals surface area contributed by atoms with Crippen molar-refractivity contribution in [3.05, 3.63) is 59.7 Å². The van der Waals surface area contributed by atoms with E-state index in [-0.39, 0.29) is 18.4 Å². The normalized spacial score (nSPS) is 10.9. The Bertz CT molecular complexity index is 1140. The highest BCUT2D eigenvalue weighted by atomic mass is 16.5. The van der Waals surface area contributed by atoms with E-state index < -0.39 is 5.54 Å². The Hall–Kier alpha value is -4.08. The minimum Gasteiger partial charge on any atom is -0.495 e. The second kappa shape index (κ2) is 10.0. The van der Waals surface area contributed by atoms with Crippen molar-refractivity contribution < 1.29 is 28.3 Å². The number of rotatable bonds is 9. The molecule has 0 radical (unpaired) electrons. The van der Waals surface area contributed by atoms with E-state index in [4.69, 9.17) is 18.7 Å². The number of nitrogens with one attached hydrogen (secondary N) is 2. The van der Waals surface area contributed by atoms with Crippen LogP contribution < -0.4 is 24.8 Å². The Balaban J connectivity index is 1.65. The fraction of sp³-hybridized carbons (Fsp3) is 0.304. The Morgan fingerprint density at radius 1 is 1.03 bits per heavy atom. The number of ether oxygens (including phenoxy) is 3. The first kappa shape index (κ1) is 23.6. The maximum Gasteiger partial charge on any atom is 0.262 e. The number of nitrogens with zero attached hydrogens (tertiary/aromatic N) is 2. The molecule has 2 aromatic carbocycles. The summed E-state index contributed by atoms with van der Waals surface area (Å²) in [6.45, 7) is 4.95. The average molecular weight is 454 g/mol. The van der Waals surface area contributed by atoms with Gasteiger partial charge >= 0.3 is 0 Å². The minimum absolute atomic E-state index is 0.260. The van der Waals surface area contributed by atoms with Crippen LogP contribution in [0, 0.1) is 6.92 Å². The Labute approximate surface area is 191 Å². The summed E-state index contributed by atoms with van der Waals surface area (Å²) in [5, 5.41) is 9.47. The number of anilines is 1. The third-order valence-corrected chi connectivity index (χ3v) is 4.68. The van der Waals surface area contributed by atoms with Gasteiger partial charge in [0, 0.05) is 12.5 Å². The smallest absolute Gasteiger partial charge is 0.262 e. The van der Waals surface area contributed by atoms with E-state index in [1.54, 1.807) is 57.2 Å². The number of carbonyl (C=O) groups excluding carboxylic acids is 2. The molecule has 0 aliphatic heterocycles. The zero-order valence-corrected chi connectivity index (χ0v) is 19.1. The molecule has 174 valence electrons. The molecule has 3 aromatic rings. The number of hydrogen-bond donors (Lipinski definition) is 2. The molecule has 0 unspecified atom stereocenters. The number of hydrogen-bond acceptors (Lipinski definition) is 8. The average Bonchev–Trinajstić information content (AvgIpc) is 3.25. The second-order valence-electron chi connectivity index (χ2n) is 7.62. The lowest BCUT2D eigenvalue weighted by Gasteiger charge is -2.22. The highest BCUT2D eigenvalue weighted by Gasteiger charge is 2.29. The summed E-state index contributed by atoms with van der Waals surface area (Å²) in [6, 6.07) is 11.7. The van der Waals surface area contributed by atoms with Crippen molar-refractivity contribution in [2.45, 2.75) is 26.3 Å². The van der Waals surface area contributed by atoms with Gasteiger partial charge in [-0.25, -0.2) is 0 Å². The molecule has 0 aliphatic rings. The molecule has 0 bridgehead atoms. The lowest BCUT2D eigenvalue weighted by Crippen LogP contribution is -2.41. The highest BCUT2D eigenvalue weighted by molar-refractivity contribution is 5.95. The Morgan fingerprint density at radius 2 is 1.76 bits per heavy atom. The summed E-state index contributed by atoms with van der Waals surface area (Å²) in [4.78, 5) is 29.3. The van der Waals surface area contributed by atoms with Crippen LogP contribution in [-0.4, -0.2) is 42.8 Å². The van der Waals surface area contributed by atoms with Crippen LogP contribution in [0.15, 0.2) is 47.0 Å². The van der Waals surface area contributed by atoms with Crippen molar-refractivity contribution in [2.75, 3.05) is 26.1 Å². The molecule has 0 saturated heterocycles. The zero-order valence-electron chi connectivity index (χ0n) is 19.1. The molecule has 2 amide bonds. The maximum absolute atomic E-state index is 12.8. The summed E-state index contributed by atoms with van der Waals surface area (Å²) in [7, 11) is 2.97. The van der Waals surface area contributed by atoms with E-state index in [2.05, 4.69) is 20.8 Å². The van der Waals surface area contributed by atoms with Gasteiger partial charge in [-0.3, -0.25) is 9.59 Å². The molecular weight excluding hydrogens is 428 g/mol. The summed E-state index contributed by atoms with van der Waals surface area (Å²) in [6.07, 6.45) is 0. The number of carbonyl (C=O) groups is 2. The molecule has 1 heterocycles. The maximum atomic E-state index is 12.8. The highest BCUT2D eigenvalue weighted by Crippen LogP contribution is 2.29. The lowest BCUT2D eigenvalue weighted by molar-refractivity contribution is -0.118. The molecule has 0 aliphatic carbocycles. The molecule has 0 saturated carbocycles. The van der Waals surface area contributed by atoms with Crippen molar-refractivity contribution >= 4 is 17.5 Å². The molecule has 10 nitrogen and oxygen atoms in total. The molecule has 33 heavy (non-hydrogen) atoms. The predicted octanol–water partition coefficient (Wildman–Crippen LogP) is 3.08. The van der Waals surface area contributed by atoms with Gasteiger partial charge in [-0.15, -0.1) is 0 Å². The van der Waals surface area contributed by atoms with E-state index in [0.717, 1.165) is 0 Å². The Kier molecular flexibility index (Phi) is 7.17. The van der Waals surface area contributed by atoms with E-state index in [9.17, 15) is 9.59 Å². The third-order valence-electron chi connectivity index (χ3n) is 4.68. The standard InChI is InChI=1S/C23H26N4O6/c1-14-24-22(27-33-14)23(2,3)26-21(29)15-10-11-18(19(12-15)31-5)32-13-20(28)25-16-8-6-7-9-17(16)30-4/h6-12H,13H2,1-5H3,(H,25,28)(H,26,29). The van der Waals surface area contributed by atoms with Crippen LogP contribution in [0.25, 0.3) is 0 Å². The summed E-state index contributed by atoms with van der Waals surface area (Å²) in [5.74, 6) is 1.20. The van der Waals surface area contributed by atoms with Gasteiger partial charge in [-0.05, 0) is 44.2 Å². The van der Waals surface area contributed by atoms with Crippen LogP contribution in [0.4, 0.5) is 5.69 Å². The zero-order chi connectivity index (χ0) is 24.0. The van der Waals surface area contributed by atoms with Gasteiger partial charge in [-0.2, -0.15) is 4.98 Å². The second-order valence-corrected chi connectivity index (χ2v) is 7.62. The Morgan fingerprint density at radius 3 is 2.42 bits per heavy atom. The molecule has 0 spiro atoms. The van der Waals surface area contributed by atoms with Gasteiger partial charge in [0.15, 0.2) is 23.9 Å². The third kappa shape index (κ3) is 5.79. The van der Waals surface area contributed by atoms with Gasteiger partial charge in [0.05, 0.1) is 25.4 Å². The quantitative estimate of drug-likeness (QED) is 0.505. The van der Waals surface area contributed by atoms with E-state index in [1.807, 2.05) is 0 Å². The van der Waals surface area contributed by atoms with E-state index in [1.165, 1.54) is 20.3 Å². The van der Waals surface area contributed by atoms with Gasteiger partial charge in [0.2, 0.25) is 5.89 Å². The minimum atomic E-state index is -0.853. The molecule has 3 rings (SSSR count). The van der Waals surface area contributed by atoms with Crippen LogP contribution in [0.2, 0.25) is 0 Å². The largest absolute Gasteiger partial charge is 0.495 e. The van der Waals surface area contributed by atoms with Crippen LogP contribution in [0.5, 0.6) is 17.2 Å². The lowest BCUT2D eigenvalue weighted by atomic mass is 10.0.